The Morgan fingerprint density at radius 2 is 1.52 bits per heavy atom. The Kier molecular flexibility index (Phi) is 5.13. The predicted octanol–water partition coefficient (Wildman–Crippen LogP) is 3.54. The average molecular weight is 377 g/mol. The van der Waals surface area contributed by atoms with E-state index >= 15 is 0 Å². The van der Waals surface area contributed by atoms with Crippen LogP contribution in [0.25, 0.3) is 0 Å². The summed E-state index contributed by atoms with van der Waals surface area (Å²) in [6, 6.07) is 8.12. The van der Waals surface area contributed by atoms with E-state index in [1.807, 2.05) is 6.92 Å². The molecule has 0 aliphatic rings. The van der Waals surface area contributed by atoms with Crippen LogP contribution in [0.3, 0.4) is 0 Å². The van der Waals surface area contributed by atoms with E-state index in [9.17, 15) is 21.2 Å². The van der Waals surface area contributed by atoms with Gasteiger partial charge in [-0.1, -0.05) is 19.4 Å². The Morgan fingerprint density at radius 3 is 2.04 bits per heavy atom. The van der Waals surface area contributed by atoms with Crippen molar-refractivity contribution in [2.75, 3.05) is 0 Å². The lowest BCUT2D eigenvalue weighted by molar-refractivity contribution is 0.594. The number of rotatable bonds is 5. The molecule has 0 saturated carbocycles. The normalized spacial score (nSPS) is 12.3. The Hall–Kier alpha value is -1.44. The van der Waals surface area contributed by atoms with Crippen molar-refractivity contribution in [2.45, 2.75) is 34.5 Å². The highest BCUT2D eigenvalue weighted by Crippen LogP contribution is 2.28. The second kappa shape index (κ2) is 6.59. The SMILES string of the molecule is CCCc1ccc(S(=O)(=O)c2ccc(F)cc2)cc1S(=O)(=O)Cl. The fraction of sp³-hybridized carbons (Fsp3) is 0.200. The Labute approximate surface area is 139 Å². The molecular weight excluding hydrogens is 363 g/mol. The lowest BCUT2D eigenvalue weighted by Gasteiger charge is -2.10. The molecule has 0 radical (unpaired) electrons. The van der Waals surface area contributed by atoms with Gasteiger partial charge in [-0.05, 0) is 48.4 Å². The third kappa shape index (κ3) is 3.91. The van der Waals surface area contributed by atoms with Crippen LogP contribution in [0.1, 0.15) is 18.9 Å². The summed E-state index contributed by atoms with van der Waals surface area (Å²) >= 11 is 0. The monoisotopic (exact) mass is 376 g/mol. The lowest BCUT2D eigenvalue weighted by atomic mass is 10.1. The number of halogens is 2. The zero-order valence-corrected chi connectivity index (χ0v) is 14.6. The molecule has 0 N–H and O–H groups in total. The van der Waals surface area contributed by atoms with Gasteiger partial charge in [-0.2, -0.15) is 0 Å². The Balaban J connectivity index is 2.62. The van der Waals surface area contributed by atoms with Gasteiger partial charge in [0.1, 0.15) is 5.82 Å². The largest absolute Gasteiger partial charge is 0.261 e. The van der Waals surface area contributed by atoms with Gasteiger partial charge in [0.05, 0.1) is 14.7 Å². The average Bonchev–Trinajstić information content (AvgIpc) is 2.47. The maximum Gasteiger partial charge on any atom is 0.261 e. The quantitative estimate of drug-likeness (QED) is 0.591. The van der Waals surface area contributed by atoms with Crippen LogP contribution in [-0.4, -0.2) is 16.8 Å². The number of hydrogen-bond acceptors (Lipinski definition) is 4. The van der Waals surface area contributed by atoms with E-state index in [0.717, 1.165) is 30.3 Å². The zero-order chi connectivity index (χ0) is 17.3. The summed E-state index contributed by atoms with van der Waals surface area (Å²) in [5.41, 5.74) is 0.459. The van der Waals surface area contributed by atoms with Gasteiger partial charge in [0.25, 0.3) is 9.05 Å². The van der Waals surface area contributed by atoms with Crippen molar-refractivity contribution >= 4 is 29.6 Å². The molecule has 0 heterocycles. The molecule has 0 aromatic heterocycles. The topological polar surface area (TPSA) is 68.3 Å². The molecule has 0 aliphatic carbocycles. The highest BCUT2D eigenvalue weighted by atomic mass is 35.7. The van der Waals surface area contributed by atoms with Crippen LogP contribution in [0, 0.1) is 5.82 Å². The highest BCUT2D eigenvalue weighted by molar-refractivity contribution is 8.13. The molecule has 2 aromatic rings. The van der Waals surface area contributed by atoms with Gasteiger partial charge >= 0.3 is 0 Å². The zero-order valence-electron chi connectivity index (χ0n) is 12.2. The maximum absolute atomic E-state index is 12.9. The van der Waals surface area contributed by atoms with Crippen LogP contribution in [0.2, 0.25) is 0 Å². The van der Waals surface area contributed by atoms with Crippen LogP contribution in [0.15, 0.2) is 57.2 Å². The number of sulfone groups is 1. The third-order valence-electron chi connectivity index (χ3n) is 3.25. The minimum Gasteiger partial charge on any atom is -0.219 e. The molecule has 0 atom stereocenters. The summed E-state index contributed by atoms with van der Waals surface area (Å²) in [6.45, 7) is 1.87. The minimum absolute atomic E-state index is 0.125. The number of benzene rings is 2. The predicted molar refractivity (Wildman–Crippen MR) is 85.3 cm³/mol. The van der Waals surface area contributed by atoms with Gasteiger partial charge < -0.3 is 0 Å². The Bertz CT molecular complexity index is 920. The van der Waals surface area contributed by atoms with Crippen molar-refractivity contribution in [3.8, 4) is 0 Å². The van der Waals surface area contributed by atoms with E-state index in [4.69, 9.17) is 10.7 Å². The standard InChI is InChI=1S/C15H14ClFO4S2/c1-2-3-11-4-7-14(10-15(11)23(16,20)21)22(18,19)13-8-5-12(17)6-9-13/h4-10H,2-3H2,1H3. The van der Waals surface area contributed by atoms with Gasteiger partial charge in [-0.25, -0.2) is 21.2 Å². The highest BCUT2D eigenvalue weighted by Gasteiger charge is 2.23. The second-order valence-electron chi connectivity index (χ2n) is 4.91. The molecule has 124 valence electrons. The maximum atomic E-state index is 12.9. The summed E-state index contributed by atoms with van der Waals surface area (Å²) in [7, 11) is -2.62. The molecular formula is C15H14ClFO4S2. The minimum atomic E-state index is -4.08. The van der Waals surface area contributed by atoms with Crippen LogP contribution < -0.4 is 0 Å². The fourth-order valence-electron chi connectivity index (χ4n) is 2.15. The molecule has 0 unspecified atom stereocenters. The van der Waals surface area contributed by atoms with Crippen molar-refractivity contribution < 1.29 is 21.2 Å². The molecule has 0 amide bonds. The molecule has 0 aliphatic heterocycles. The molecule has 0 bridgehead atoms. The van der Waals surface area contributed by atoms with Crippen molar-refractivity contribution in [3.63, 3.8) is 0 Å². The van der Waals surface area contributed by atoms with E-state index in [-0.39, 0.29) is 14.7 Å². The molecule has 2 rings (SSSR count). The van der Waals surface area contributed by atoms with E-state index in [1.165, 1.54) is 12.1 Å². The number of hydrogen-bond donors (Lipinski definition) is 0. The van der Waals surface area contributed by atoms with Gasteiger partial charge in [0.15, 0.2) is 0 Å². The fourth-order valence-corrected chi connectivity index (χ4v) is 4.70. The first-order chi connectivity index (χ1) is 10.7. The smallest absolute Gasteiger partial charge is 0.219 e. The summed E-state index contributed by atoms with van der Waals surface area (Å²) < 4.78 is 61.4. The molecule has 0 spiro atoms. The molecule has 8 heteroatoms. The molecule has 0 saturated heterocycles. The van der Waals surface area contributed by atoms with E-state index < -0.39 is 24.7 Å². The van der Waals surface area contributed by atoms with Crippen molar-refractivity contribution in [1.29, 1.82) is 0 Å². The van der Waals surface area contributed by atoms with Crippen LogP contribution in [0.5, 0.6) is 0 Å². The van der Waals surface area contributed by atoms with Crippen LogP contribution in [0.4, 0.5) is 4.39 Å². The van der Waals surface area contributed by atoms with Crippen molar-refractivity contribution in [2.24, 2.45) is 0 Å². The van der Waals surface area contributed by atoms with Gasteiger partial charge in [-0.15, -0.1) is 0 Å². The first-order valence-corrected chi connectivity index (χ1v) is 10.5. The van der Waals surface area contributed by atoms with Crippen LogP contribution >= 0.6 is 10.7 Å². The van der Waals surface area contributed by atoms with E-state index in [1.54, 1.807) is 0 Å². The summed E-state index contributed by atoms with van der Waals surface area (Å²) in [6.07, 6.45) is 1.14. The summed E-state index contributed by atoms with van der Waals surface area (Å²) in [5.74, 6) is -0.564. The summed E-state index contributed by atoms with van der Waals surface area (Å²) in [5, 5.41) is 0. The summed E-state index contributed by atoms with van der Waals surface area (Å²) in [4.78, 5) is -0.549. The van der Waals surface area contributed by atoms with E-state index in [0.29, 0.717) is 18.4 Å². The van der Waals surface area contributed by atoms with Gasteiger partial charge in [0, 0.05) is 10.7 Å². The third-order valence-corrected chi connectivity index (χ3v) is 6.43. The lowest BCUT2D eigenvalue weighted by Crippen LogP contribution is -2.06. The van der Waals surface area contributed by atoms with Gasteiger partial charge in [0.2, 0.25) is 9.84 Å². The number of aryl methyl sites for hydroxylation is 1. The second-order valence-corrected chi connectivity index (χ2v) is 9.40. The first-order valence-electron chi connectivity index (χ1n) is 6.74. The molecule has 23 heavy (non-hydrogen) atoms. The van der Waals surface area contributed by atoms with Crippen molar-refractivity contribution in [1.82, 2.24) is 0 Å². The molecule has 2 aromatic carbocycles. The molecule has 0 fully saturated rings. The Morgan fingerprint density at radius 1 is 0.957 bits per heavy atom. The van der Waals surface area contributed by atoms with Crippen molar-refractivity contribution in [3.05, 3.63) is 53.8 Å². The van der Waals surface area contributed by atoms with E-state index in [2.05, 4.69) is 0 Å². The molecule has 4 nitrogen and oxygen atoms in total. The van der Waals surface area contributed by atoms with Gasteiger partial charge in [-0.3, -0.25) is 0 Å². The first kappa shape index (κ1) is 17.9. The van der Waals surface area contributed by atoms with Crippen LogP contribution in [-0.2, 0) is 25.3 Å².